The lowest BCUT2D eigenvalue weighted by Crippen LogP contribution is -2.47. The first-order valence-electron chi connectivity index (χ1n) is 7.70. The number of carbonyl (C=O) groups excluding carboxylic acids is 3. The second kappa shape index (κ2) is 7.76. The summed E-state index contributed by atoms with van der Waals surface area (Å²) in [5.41, 5.74) is 1.46. The van der Waals surface area contributed by atoms with Crippen LogP contribution in [0, 0.1) is 0 Å². The molecule has 0 bridgehead atoms. The smallest absolute Gasteiger partial charge is 0.410 e. The van der Waals surface area contributed by atoms with Gasteiger partial charge < -0.3 is 14.3 Å². The van der Waals surface area contributed by atoms with E-state index in [0.29, 0.717) is 24.9 Å². The Bertz CT molecular complexity index is 567. The summed E-state index contributed by atoms with van der Waals surface area (Å²) < 4.78 is 10.1. The van der Waals surface area contributed by atoms with E-state index in [0.717, 1.165) is 11.8 Å². The van der Waals surface area contributed by atoms with E-state index >= 15 is 0 Å². The quantitative estimate of drug-likeness (QED) is 0.594. The molecule has 0 aliphatic carbocycles. The highest BCUT2D eigenvalue weighted by atomic mass is 16.6. The predicted octanol–water partition coefficient (Wildman–Crippen LogP) is 2.20. The van der Waals surface area contributed by atoms with Crippen LogP contribution >= 0.6 is 0 Å². The van der Waals surface area contributed by atoms with Gasteiger partial charge in [-0.1, -0.05) is 12.1 Å². The number of carbonyl (C=O) groups is 3. The fourth-order valence-corrected chi connectivity index (χ4v) is 2.38. The van der Waals surface area contributed by atoms with Gasteiger partial charge in [-0.3, -0.25) is 4.90 Å². The van der Waals surface area contributed by atoms with Crippen molar-refractivity contribution in [3.63, 3.8) is 0 Å². The molecule has 23 heavy (non-hydrogen) atoms. The van der Waals surface area contributed by atoms with Crippen LogP contribution in [0.15, 0.2) is 24.3 Å². The molecule has 6 heteroatoms. The van der Waals surface area contributed by atoms with Crippen molar-refractivity contribution in [3.05, 3.63) is 35.4 Å². The molecule has 0 radical (unpaired) electrons. The standard InChI is InChI=1S/C17H21NO5/c1-12(2)23-16(20)14-5-3-13(4-6-14)7-9-18-15(11-19)8-10-22-17(18)21/h3-6,11-12,15H,7-10H2,1-2H3. The summed E-state index contributed by atoms with van der Waals surface area (Å²) in [4.78, 5) is 36.0. The Morgan fingerprint density at radius 1 is 1.39 bits per heavy atom. The molecule has 0 saturated carbocycles. The summed E-state index contributed by atoms with van der Waals surface area (Å²) in [5, 5.41) is 0. The molecule has 2 rings (SSSR count). The minimum Gasteiger partial charge on any atom is -0.459 e. The number of amides is 1. The summed E-state index contributed by atoms with van der Waals surface area (Å²) in [7, 11) is 0. The van der Waals surface area contributed by atoms with E-state index in [2.05, 4.69) is 0 Å². The summed E-state index contributed by atoms with van der Waals surface area (Å²) in [6.07, 6.45) is 1.28. The average Bonchev–Trinajstić information content (AvgIpc) is 2.53. The molecule has 1 amide bonds. The molecule has 1 fully saturated rings. The summed E-state index contributed by atoms with van der Waals surface area (Å²) in [6, 6.07) is 6.62. The van der Waals surface area contributed by atoms with Crippen LogP contribution in [0.1, 0.15) is 36.2 Å². The molecule has 1 unspecified atom stereocenters. The topological polar surface area (TPSA) is 72.9 Å². The van der Waals surface area contributed by atoms with Crippen LogP contribution in [0.2, 0.25) is 0 Å². The Morgan fingerprint density at radius 2 is 2.09 bits per heavy atom. The summed E-state index contributed by atoms with van der Waals surface area (Å²) in [6.45, 7) is 4.28. The van der Waals surface area contributed by atoms with E-state index in [9.17, 15) is 14.4 Å². The van der Waals surface area contributed by atoms with Crippen molar-refractivity contribution >= 4 is 18.3 Å². The number of hydrogen-bond acceptors (Lipinski definition) is 5. The van der Waals surface area contributed by atoms with Crippen LogP contribution in [0.3, 0.4) is 0 Å². The van der Waals surface area contributed by atoms with Crippen molar-refractivity contribution < 1.29 is 23.9 Å². The third-order valence-corrected chi connectivity index (χ3v) is 3.60. The van der Waals surface area contributed by atoms with Gasteiger partial charge in [0.1, 0.15) is 6.29 Å². The highest BCUT2D eigenvalue weighted by Crippen LogP contribution is 2.14. The second-order valence-corrected chi connectivity index (χ2v) is 5.70. The Balaban J connectivity index is 1.94. The van der Waals surface area contributed by atoms with E-state index in [1.165, 1.54) is 4.90 Å². The van der Waals surface area contributed by atoms with E-state index in [-0.39, 0.29) is 18.7 Å². The molecular weight excluding hydrogens is 298 g/mol. The summed E-state index contributed by atoms with van der Waals surface area (Å²) >= 11 is 0. The van der Waals surface area contributed by atoms with Gasteiger partial charge in [0.25, 0.3) is 0 Å². The van der Waals surface area contributed by atoms with E-state index in [4.69, 9.17) is 9.47 Å². The monoisotopic (exact) mass is 319 g/mol. The third kappa shape index (κ3) is 4.55. The number of rotatable bonds is 6. The van der Waals surface area contributed by atoms with Gasteiger partial charge >= 0.3 is 12.1 Å². The van der Waals surface area contributed by atoms with Gasteiger partial charge in [0.2, 0.25) is 0 Å². The zero-order valence-electron chi connectivity index (χ0n) is 13.4. The Morgan fingerprint density at radius 3 is 2.70 bits per heavy atom. The lowest BCUT2D eigenvalue weighted by atomic mass is 10.1. The molecule has 1 aliphatic heterocycles. The van der Waals surface area contributed by atoms with Crippen molar-refractivity contribution in [1.82, 2.24) is 4.90 Å². The fraction of sp³-hybridized carbons (Fsp3) is 0.471. The number of esters is 1. The molecular formula is C17H21NO5. The molecule has 1 saturated heterocycles. The molecule has 1 atom stereocenters. The van der Waals surface area contributed by atoms with Crippen LogP contribution in [0.5, 0.6) is 0 Å². The molecule has 0 spiro atoms. The zero-order valence-corrected chi connectivity index (χ0v) is 13.4. The summed E-state index contributed by atoms with van der Waals surface area (Å²) in [5.74, 6) is -0.354. The number of nitrogens with zero attached hydrogens (tertiary/aromatic N) is 1. The number of benzene rings is 1. The largest absolute Gasteiger partial charge is 0.459 e. The number of cyclic esters (lactones) is 1. The first-order valence-corrected chi connectivity index (χ1v) is 7.70. The number of hydrogen-bond donors (Lipinski definition) is 0. The van der Waals surface area contributed by atoms with Crippen LogP contribution in [0.4, 0.5) is 4.79 Å². The maximum atomic E-state index is 11.8. The van der Waals surface area contributed by atoms with Gasteiger partial charge in [0.15, 0.2) is 0 Å². The minimum absolute atomic E-state index is 0.160. The number of aldehydes is 1. The van der Waals surface area contributed by atoms with Gasteiger partial charge in [0.05, 0.1) is 24.3 Å². The van der Waals surface area contributed by atoms with E-state index in [1.807, 2.05) is 12.1 Å². The average molecular weight is 319 g/mol. The zero-order chi connectivity index (χ0) is 16.8. The van der Waals surface area contributed by atoms with Crippen molar-refractivity contribution in [2.45, 2.75) is 38.8 Å². The molecule has 1 aromatic carbocycles. The highest BCUT2D eigenvalue weighted by Gasteiger charge is 2.28. The minimum atomic E-state index is -0.453. The molecule has 0 aromatic heterocycles. The van der Waals surface area contributed by atoms with Gasteiger partial charge in [-0.05, 0) is 38.0 Å². The van der Waals surface area contributed by atoms with Crippen LogP contribution in [-0.2, 0) is 20.7 Å². The van der Waals surface area contributed by atoms with Crippen molar-refractivity contribution in [2.75, 3.05) is 13.2 Å². The second-order valence-electron chi connectivity index (χ2n) is 5.70. The van der Waals surface area contributed by atoms with E-state index in [1.54, 1.807) is 26.0 Å². The third-order valence-electron chi connectivity index (χ3n) is 3.60. The van der Waals surface area contributed by atoms with Gasteiger partial charge in [-0.25, -0.2) is 9.59 Å². The Hall–Kier alpha value is -2.37. The van der Waals surface area contributed by atoms with Crippen molar-refractivity contribution in [1.29, 1.82) is 0 Å². The Labute approximate surface area is 135 Å². The van der Waals surface area contributed by atoms with Gasteiger partial charge in [0, 0.05) is 13.0 Å². The molecule has 1 heterocycles. The van der Waals surface area contributed by atoms with Crippen LogP contribution < -0.4 is 0 Å². The number of ether oxygens (including phenoxy) is 2. The molecule has 6 nitrogen and oxygen atoms in total. The lowest BCUT2D eigenvalue weighted by molar-refractivity contribution is -0.113. The maximum Gasteiger partial charge on any atom is 0.410 e. The fourth-order valence-electron chi connectivity index (χ4n) is 2.38. The predicted molar refractivity (Wildman–Crippen MR) is 83.2 cm³/mol. The SMILES string of the molecule is CC(C)OC(=O)c1ccc(CCN2C(=O)OCCC2C=O)cc1. The first-order chi connectivity index (χ1) is 11.0. The van der Waals surface area contributed by atoms with Crippen molar-refractivity contribution in [2.24, 2.45) is 0 Å². The molecule has 124 valence electrons. The molecule has 0 N–H and O–H groups in total. The molecule has 1 aliphatic rings. The molecule has 1 aromatic rings. The van der Waals surface area contributed by atoms with Gasteiger partial charge in [-0.15, -0.1) is 0 Å². The maximum absolute atomic E-state index is 11.8. The highest BCUT2D eigenvalue weighted by molar-refractivity contribution is 5.89. The Kier molecular flexibility index (Phi) is 5.73. The first kappa shape index (κ1) is 17.0. The van der Waals surface area contributed by atoms with Crippen molar-refractivity contribution in [3.8, 4) is 0 Å². The van der Waals surface area contributed by atoms with E-state index < -0.39 is 12.1 Å². The van der Waals surface area contributed by atoms with Crippen LogP contribution in [0.25, 0.3) is 0 Å². The van der Waals surface area contributed by atoms with Gasteiger partial charge in [-0.2, -0.15) is 0 Å². The van der Waals surface area contributed by atoms with Crippen LogP contribution in [-0.4, -0.2) is 48.5 Å². The lowest BCUT2D eigenvalue weighted by Gasteiger charge is -2.31. The normalized spacial score (nSPS) is 17.8.